The SMILES string of the molecule is COc1cc(CCC(=O)N2CCC(O)C23CCC3)ccc1Cl. The Morgan fingerprint density at radius 1 is 1.50 bits per heavy atom. The predicted octanol–water partition coefficient (Wildman–Crippen LogP) is 2.80. The lowest BCUT2D eigenvalue weighted by atomic mass is 9.73. The minimum absolute atomic E-state index is 0.144. The Balaban J connectivity index is 1.63. The van der Waals surface area contributed by atoms with Crippen molar-refractivity contribution in [1.29, 1.82) is 0 Å². The van der Waals surface area contributed by atoms with Crippen molar-refractivity contribution in [2.45, 2.75) is 50.2 Å². The van der Waals surface area contributed by atoms with Crippen molar-refractivity contribution in [2.75, 3.05) is 13.7 Å². The fraction of sp³-hybridized carbons (Fsp3) is 0.588. The lowest BCUT2D eigenvalue weighted by Crippen LogP contribution is -2.57. The summed E-state index contributed by atoms with van der Waals surface area (Å²) in [5, 5.41) is 10.8. The first kappa shape index (κ1) is 15.6. The lowest BCUT2D eigenvalue weighted by molar-refractivity contribution is -0.142. The maximum absolute atomic E-state index is 12.6. The van der Waals surface area contributed by atoms with Gasteiger partial charge in [-0.2, -0.15) is 0 Å². The van der Waals surface area contributed by atoms with Crippen molar-refractivity contribution in [3.05, 3.63) is 28.8 Å². The normalized spacial score (nSPS) is 22.7. The molecule has 120 valence electrons. The standard InChI is InChI=1S/C17H22ClNO3/c1-22-14-11-12(3-5-13(14)18)4-6-16(21)19-10-7-15(20)17(19)8-2-9-17/h3,5,11,15,20H,2,4,6-10H2,1H3. The van der Waals surface area contributed by atoms with E-state index in [-0.39, 0.29) is 17.6 Å². The Hall–Kier alpha value is -1.26. The molecule has 1 unspecified atom stereocenters. The van der Waals surface area contributed by atoms with Gasteiger partial charge in [0.2, 0.25) is 5.91 Å². The van der Waals surface area contributed by atoms with Crippen LogP contribution >= 0.6 is 11.6 Å². The molecule has 1 spiro atoms. The van der Waals surface area contributed by atoms with Crippen LogP contribution in [0.3, 0.4) is 0 Å². The number of methoxy groups -OCH3 is 1. The molecule has 1 aromatic rings. The van der Waals surface area contributed by atoms with Crippen molar-refractivity contribution in [3.63, 3.8) is 0 Å². The number of aryl methyl sites for hydroxylation is 1. The van der Waals surface area contributed by atoms with E-state index in [2.05, 4.69) is 0 Å². The summed E-state index contributed by atoms with van der Waals surface area (Å²) in [5.41, 5.74) is 0.784. The smallest absolute Gasteiger partial charge is 0.223 e. The first-order chi connectivity index (χ1) is 10.6. The van der Waals surface area contributed by atoms with Gasteiger partial charge in [0.1, 0.15) is 5.75 Å². The van der Waals surface area contributed by atoms with Gasteiger partial charge in [0.15, 0.2) is 0 Å². The molecule has 4 nitrogen and oxygen atoms in total. The van der Waals surface area contributed by atoms with E-state index in [1.807, 2.05) is 17.0 Å². The number of rotatable bonds is 4. The zero-order chi connectivity index (χ0) is 15.7. The van der Waals surface area contributed by atoms with Crippen LogP contribution in [-0.2, 0) is 11.2 Å². The summed E-state index contributed by atoms with van der Waals surface area (Å²) in [6, 6.07) is 5.61. The van der Waals surface area contributed by atoms with Crippen molar-refractivity contribution >= 4 is 17.5 Å². The van der Waals surface area contributed by atoms with E-state index in [0.29, 0.717) is 36.6 Å². The number of aliphatic hydroxyl groups is 1. The molecule has 1 atom stereocenters. The van der Waals surface area contributed by atoms with Gasteiger partial charge in [0.25, 0.3) is 0 Å². The minimum Gasteiger partial charge on any atom is -0.495 e. The van der Waals surface area contributed by atoms with Crippen LogP contribution in [0.25, 0.3) is 0 Å². The van der Waals surface area contributed by atoms with E-state index in [4.69, 9.17) is 16.3 Å². The second-order valence-corrected chi connectivity index (χ2v) is 6.68. The first-order valence-corrected chi connectivity index (χ1v) is 8.25. The van der Waals surface area contributed by atoms with Gasteiger partial charge in [-0.15, -0.1) is 0 Å². The van der Waals surface area contributed by atoms with Gasteiger partial charge in [-0.1, -0.05) is 17.7 Å². The fourth-order valence-corrected chi connectivity index (χ4v) is 3.88. The Bertz CT molecular complexity index is 571. The second-order valence-electron chi connectivity index (χ2n) is 6.28. The monoisotopic (exact) mass is 323 g/mol. The maximum Gasteiger partial charge on any atom is 0.223 e. The molecule has 1 N–H and O–H groups in total. The van der Waals surface area contributed by atoms with Crippen LogP contribution in [0.5, 0.6) is 5.75 Å². The van der Waals surface area contributed by atoms with Crippen LogP contribution < -0.4 is 4.74 Å². The first-order valence-electron chi connectivity index (χ1n) is 7.88. The zero-order valence-electron chi connectivity index (χ0n) is 12.8. The van der Waals surface area contributed by atoms with E-state index in [1.54, 1.807) is 13.2 Å². The molecular formula is C17H22ClNO3. The van der Waals surface area contributed by atoms with E-state index < -0.39 is 0 Å². The third-order valence-electron chi connectivity index (χ3n) is 5.15. The summed E-state index contributed by atoms with van der Waals surface area (Å²) in [6.45, 7) is 0.684. The number of nitrogens with zero attached hydrogens (tertiary/aromatic N) is 1. The number of carbonyl (C=O) groups is 1. The molecule has 2 aliphatic rings. The van der Waals surface area contributed by atoms with Gasteiger partial charge in [-0.25, -0.2) is 0 Å². The lowest BCUT2D eigenvalue weighted by Gasteiger charge is -2.47. The highest BCUT2D eigenvalue weighted by atomic mass is 35.5. The Morgan fingerprint density at radius 3 is 2.91 bits per heavy atom. The van der Waals surface area contributed by atoms with Gasteiger partial charge < -0.3 is 14.7 Å². The molecule has 22 heavy (non-hydrogen) atoms. The van der Waals surface area contributed by atoms with Crippen LogP contribution in [0.1, 0.15) is 37.7 Å². The molecule has 0 aromatic heterocycles. The number of aliphatic hydroxyl groups excluding tert-OH is 1. The van der Waals surface area contributed by atoms with Gasteiger partial charge in [0.05, 0.1) is 23.8 Å². The maximum atomic E-state index is 12.6. The molecule has 1 aliphatic heterocycles. The van der Waals surface area contributed by atoms with Crippen molar-refractivity contribution in [2.24, 2.45) is 0 Å². The number of benzene rings is 1. The quantitative estimate of drug-likeness (QED) is 0.927. The molecule has 0 bridgehead atoms. The molecule has 1 aromatic carbocycles. The van der Waals surface area contributed by atoms with Crippen molar-refractivity contribution in [1.82, 2.24) is 4.90 Å². The summed E-state index contributed by atoms with van der Waals surface area (Å²) in [6.07, 6.45) is 4.47. The largest absolute Gasteiger partial charge is 0.495 e. The summed E-state index contributed by atoms with van der Waals surface area (Å²) in [4.78, 5) is 14.5. The number of amides is 1. The number of likely N-dealkylation sites (tertiary alicyclic amines) is 1. The molecule has 1 heterocycles. The summed E-state index contributed by atoms with van der Waals surface area (Å²) < 4.78 is 5.21. The molecule has 3 rings (SSSR count). The molecule has 1 saturated heterocycles. The molecular weight excluding hydrogens is 302 g/mol. The average molecular weight is 324 g/mol. The Kier molecular flexibility index (Phi) is 4.33. The molecule has 2 fully saturated rings. The summed E-state index contributed by atoms with van der Waals surface area (Å²) in [5.74, 6) is 0.781. The molecule has 1 aliphatic carbocycles. The predicted molar refractivity (Wildman–Crippen MR) is 85.2 cm³/mol. The number of hydrogen-bond donors (Lipinski definition) is 1. The highest BCUT2D eigenvalue weighted by Gasteiger charge is 2.53. The molecule has 0 radical (unpaired) electrons. The van der Waals surface area contributed by atoms with E-state index in [9.17, 15) is 9.90 Å². The fourth-order valence-electron chi connectivity index (χ4n) is 3.68. The topological polar surface area (TPSA) is 49.8 Å². The van der Waals surface area contributed by atoms with Gasteiger partial charge in [-0.3, -0.25) is 4.79 Å². The summed E-state index contributed by atoms with van der Waals surface area (Å²) in [7, 11) is 1.59. The number of halogens is 1. The third kappa shape index (κ3) is 2.59. The number of hydrogen-bond acceptors (Lipinski definition) is 3. The van der Waals surface area contributed by atoms with Crippen LogP contribution in [0.4, 0.5) is 0 Å². The van der Waals surface area contributed by atoms with E-state index in [1.165, 1.54) is 0 Å². The van der Waals surface area contributed by atoms with Crippen LogP contribution in [0.15, 0.2) is 18.2 Å². The highest BCUT2D eigenvalue weighted by Crippen LogP contribution is 2.45. The average Bonchev–Trinajstić information content (AvgIpc) is 2.83. The van der Waals surface area contributed by atoms with Crippen LogP contribution in [0, 0.1) is 0 Å². The van der Waals surface area contributed by atoms with Gasteiger partial charge >= 0.3 is 0 Å². The van der Waals surface area contributed by atoms with Crippen LogP contribution in [0.2, 0.25) is 5.02 Å². The highest BCUT2D eigenvalue weighted by molar-refractivity contribution is 6.32. The van der Waals surface area contributed by atoms with Crippen LogP contribution in [-0.4, -0.2) is 41.2 Å². The molecule has 5 heteroatoms. The zero-order valence-corrected chi connectivity index (χ0v) is 13.6. The molecule has 1 saturated carbocycles. The minimum atomic E-state index is -0.346. The van der Waals surface area contributed by atoms with E-state index in [0.717, 1.165) is 24.8 Å². The Morgan fingerprint density at radius 2 is 2.27 bits per heavy atom. The van der Waals surface area contributed by atoms with Gasteiger partial charge in [0, 0.05) is 13.0 Å². The van der Waals surface area contributed by atoms with E-state index >= 15 is 0 Å². The Labute approximate surface area is 136 Å². The summed E-state index contributed by atoms with van der Waals surface area (Å²) >= 11 is 6.01. The number of ether oxygens (including phenoxy) is 1. The number of carbonyl (C=O) groups excluding carboxylic acids is 1. The van der Waals surface area contributed by atoms with Gasteiger partial charge in [-0.05, 0) is 49.8 Å². The van der Waals surface area contributed by atoms with Crippen molar-refractivity contribution in [3.8, 4) is 5.75 Å². The second kappa shape index (κ2) is 6.09. The molecule has 1 amide bonds. The third-order valence-corrected chi connectivity index (χ3v) is 5.46. The van der Waals surface area contributed by atoms with Crippen molar-refractivity contribution < 1.29 is 14.6 Å².